The second kappa shape index (κ2) is 8.86. The zero-order valence-electron chi connectivity index (χ0n) is 18.7. The van der Waals surface area contributed by atoms with E-state index in [9.17, 15) is 8.42 Å². The van der Waals surface area contributed by atoms with Crippen molar-refractivity contribution in [1.29, 1.82) is 0 Å². The van der Waals surface area contributed by atoms with Crippen molar-refractivity contribution in [1.82, 2.24) is 23.9 Å². The summed E-state index contributed by atoms with van der Waals surface area (Å²) in [4.78, 5) is 5.49. The zero-order valence-corrected chi connectivity index (χ0v) is 19.5. The highest BCUT2D eigenvalue weighted by Crippen LogP contribution is 2.38. The summed E-state index contributed by atoms with van der Waals surface area (Å²) < 4.78 is 35.6. The molecule has 0 radical (unpaired) electrons. The number of hydrogen-bond acceptors (Lipinski definition) is 6. The van der Waals surface area contributed by atoms with Gasteiger partial charge in [0.25, 0.3) is 0 Å². The van der Waals surface area contributed by atoms with Crippen molar-refractivity contribution in [2.75, 3.05) is 45.9 Å². The van der Waals surface area contributed by atoms with Gasteiger partial charge in [0.05, 0.1) is 11.8 Å². The number of sulfonamides is 1. The van der Waals surface area contributed by atoms with Crippen LogP contribution >= 0.6 is 0 Å². The average molecular weight is 440 g/mol. The minimum atomic E-state index is -3.48. The zero-order chi connectivity index (χ0) is 21.4. The molecule has 0 N–H and O–H groups in total. The van der Waals surface area contributed by atoms with Gasteiger partial charge in [0.2, 0.25) is 10.0 Å². The maximum atomic E-state index is 13.0. The van der Waals surface area contributed by atoms with E-state index < -0.39 is 10.0 Å². The molecule has 0 aliphatic carbocycles. The van der Waals surface area contributed by atoms with Crippen molar-refractivity contribution < 1.29 is 13.2 Å². The molecule has 1 aromatic heterocycles. The summed E-state index contributed by atoms with van der Waals surface area (Å²) in [5, 5.41) is 4.13. The highest BCUT2D eigenvalue weighted by molar-refractivity contribution is 7.89. The van der Waals surface area contributed by atoms with Crippen LogP contribution < -0.4 is 0 Å². The van der Waals surface area contributed by atoms with E-state index in [2.05, 4.69) is 28.7 Å². The van der Waals surface area contributed by atoms with Crippen LogP contribution in [0.2, 0.25) is 0 Å². The van der Waals surface area contributed by atoms with E-state index in [0.717, 1.165) is 58.5 Å². The Hall–Kier alpha value is -1.00. The van der Waals surface area contributed by atoms with Gasteiger partial charge in [0.15, 0.2) is 0 Å². The molecule has 3 aliphatic rings. The lowest BCUT2D eigenvalue weighted by Crippen LogP contribution is -2.58. The summed E-state index contributed by atoms with van der Waals surface area (Å²) in [7, 11) is -3.48. The van der Waals surface area contributed by atoms with Gasteiger partial charge in [-0.2, -0.15) is 9.40 Å². The van der Waals surface area contributed by atoms with E-state index in [0.29, 0.717) is 36.6 Å². The first-order valence-electron chi connectivity index (χ1n) is 11.5. The fourth-order valence-corrected chi connectivity index (χ4v) is 6.61. The van der Waals surface area contributed by atoms with Crippen molar-refractivity contribution in [3.63, 3.8) is 0 Å². The highest BCUT2D eigenvalue weighted by atomic mass is 32.2. The van der Waals surface area contributed by atoms with Gasteiger partial charge in [-0.25, -0.2) is 8.42 Å². The standard InChI is InChI=1S/C21H37N5O3S/c1-4-25-17-20(16-22-25)30(27,28)26-8-6-21(7-9-26)15-19(5-14-29-21)24-12-10-23(11-13-24)18(2)3/h16-19H,4-15H2,1-3H3/t19-/m0/s1. The van der Waals surface area contributed by atoms with Crippen molar-refractivity contribution in [2.45, 2.75) is 75.6 Å². The van der Waals surface area contributed by atoms with E-state index in [-0.39, 0.29) is 5.60 Å². The van der Waals surface area contributed by atoms with Crippen molar-refractivity contribution in [3.8, 4) is 0 Å². The van der Waals surface area contributed by atoms with Crippen molar-refractivity contribution in [2.24, 2.45) is 0 Å². The largest absolute Gasteiger partial charge is 0.375 e. The molecule has 0 bridgehead atoms. The average Bonchev–Trinajstić information content (AvgIpc) is 3.24. The molecule has 1 spiro atoms. The van der Waals surface area contributed by atoms with Crippen LogP contribution in [0.15, 0.2) is 17.3 Å². The van der Waals surface area contributed by atoms with Gasteiger partial charge in [-0.3, -0.25) is 14.5 Å². The molecule has 1 aromatic rings. The Morgan fingerprint density at radius 1 is 1.17 bits per heavy atom. The number of aryl methyl sites for hydroxylation is 1. The summed E-state index contributed by atoms with van der Waals surface area (Å²) in [5.74, 6) is 0. The number of ether oxygens (including phenoxy) is 1. The maximum absolute atomic E-state index is 13.0. The summed E-state index contributed by atoms with van der Waals surface area (Å²) in [6, 6.07) is 1.17. The fourth-order valence-electron chi connectivity index (χ4n) is 5.21. The summed E-state index contributed by atoms with van der Waals surface area (Å²) in [6.45, 7) is 13.5. The molecule has 170 valence electrons. The molecule has 4 rings (SSSR count). The minimum absolute atomic E-state index is 0.169. The molecule has 9 heteroatoms. The topological polar surface area (TPSA) is 70.9 Å². The van der Waals surface area contributed by atoms with Gasteiger partial charge in [0, 0.05) is 70.7 Å². The van der Waals surface area contributed by atoms with Gasteiger partial charge in [-0.1, -0.05) is 0 Å². The second-order valence-electron chi connectivity index (χ2n) is 9.28. The molecular weight excluding hydrogens is 402 g/mol. The first kappa shape index (κ1) is 22.2. The van der Waals surface area contributed by atoms with E-state index in [1.165, 1.54) is 6.20 Å². The summed E-state index contributed by atoms with van der Waals surface area (Å²) in [5.41, 5.74) is -0.169. The smallest absolute Gasteiger partial charge is 0.246 e. The lowest BCUT2D eigenvalue weighted by Gasteiger charge is -2.49. The van der Waals surface area contributed by atoms with Crippen LogP contribution in [0, 0.1) is 0 Å². The first-order valence-corrected chi connectivity index (χ1v) is 12.9. The molecule has 0 aromatic carbocycles. The molecule has 0 unspecified atom stereocenters. The molecule has 1 atom stereocenters. The van der Waals surface area contributed by atoms with E-state index >= 15 is 0 Å². The monoisotopic (exact) mass is 439 g/mol. The number of rotatable bonds is 5. The molecule has 3 aliphatic heterocycles. The molecule has 3 fully saturated rings. The van der Waals surface area contributed by atoms with Crippen LogP contribution in [0.25, 0.3) is 0 Å². The van der Waals surface area contributed by atoms with E-state index in [4.69, 9.17) is 4.74 Å². The van der Waals surface area contributed by atoms with Crippen LogP contribution in [0.5, 0.6) is 0 Å². The maximum Gasteiger partial charge on any atom is 0.246 e. The minimum Gasteiger partial charge on any atom is -0.375 e. The van der Waals surface area contributed by atoms with Gasteiger partial charge in [-0.15, -0.1) is 0 Å². The second-order valence-corrected chi connectivity index (χ2v) is 11.2. The molecule has 3 saturated heterocycles. The Morgan fingerprint density at radius 3 is 2.47 bits per heavy atom. The SMILES string of the molecule is CCn1cc(S(=O)(=O)N2CCC3(CC2)C[C@@H](N2CCN(C(C)C)CC2)CCO3)cn1. The molecule has 4 heterocycles. The normalized spacial score (nSPS) is 27.1. The lowest BCUT2D eigenvalue weighted by molar-refractivity contribution is -0.130. The molecule has 30 heavy (non-hydrogen) atoms. The number of piperidine rings is 1. The summed E-state index contributed by atoms with van der Waals surface area (Å²) >= 11 is 0. The Morgan fingerprint density at radius 2 is 1.87 bits per heavy atom. The molecule has 0 saturated carbocycles. The first-order chi connectivity index (χ1) is 14.3. The Bertz CT molecular complexity index is 808. The van der Waals surface area contributed by atoms with Crippen molar-refractivity contribution >= 4 is 10.0 Å². The number of nitrogens with zero attached hydrogens (tertiary/aromatic N) is 5. The van der Waals surface area contributed by atoms with Crippen LogP contribution in [0.4, 0.5) is 0 Å². The molecule has 8 nitrogen and oxygen atoms in total. The third-order valence-electron chi connectivity index (χ3n) is 7.27. The number of hydrogen-bond donors (Lipinski definition) is 0. The van der Waals surface area contributed by atoms with Gasteiger partial charge in [0.1, 0.15) is 4.90 Å². The predicted molar refractivity (Wildman–Crippen MR) is 116 cm³/mol. The van der Waals surface area contributed by atoms with Gasteiger partial charge >= 0.3 is 0 Å². The fraction of sp³-hybridized carbons (Fsp3) is 0.857. The van der Waals surface area contributed by atoms with Crippen LogP contribution in [-0.4, -0.2) is 95.9 Å². The van der Waals surface area contributed by atoms with Crippen LogP contribution in [-0.2, 0) is 21.3 Å². The third kappa shape index (κ3) is 4.46. The van der Waals surface area contributed by atoms with Gasteiger partial charge in [-0.05, 0) is 46.5 Å². The number of piperazine rings is 1. The third-order valence-corrected chi connectivity index (χ3v) is 9.12. The quantitative estimate of drug-likeness (QED) is 0.695. The lowest BCUT2D eigenvalue weighted by atomic mass is 9.82. The van der Waals surface area contributed by atoms with Crippen molar-refractivity contribution in [3.05, 3.63) is 12.4 Å². The number of aromatic nitrogens is 2. The van der Waals surface area contributed by atoms with Crippen LogP contribution in [0.1, 0.15) is 46.5 Å². The van der Waals surface area contributed by atoms with E-state index in [1.807, 2.05) is 6.92 Å². The Labute approximate surface area is 181 Å². The summed E-state index contributed by atoms with van der Waals surface area (Å²) in [6.07, 6.45) is 6.75. The molecular formula is C21H37N5O3S. The predicted octanol–water partition coefficient (Wildman–Crippen LogP) is 1.63. The van der Waals surface area contributed by atoms with Gasteiger partial charge < -0.3 is 4.74 Å². The highest BCUT2D eigenvalue weighted by Gasteiger charge is 2.44. The van der Waals surface area contributed by atoms with E-state index in [1.54, 1.807) is 15.2 Å². The molecule has 0 amide bonds. The Kier molecular flexibility index (Phi) is 6.56. The van der Waals surface area contributed by atoms with Crippen LogP contribution in [0.3, 0.4) is 0 Å². The Balaban J connectivity index is 1.35.